The van der Waals surface area contributed by atoms with E-state index in [1.165, 1.54) is 22.8 Å². The molecule has 0 aliphatic carbocycles. The standard InChI is InChI=1S/C24H20FN3O3/c1-27-12-10-16(14-20(27)29)22(30)28-13-11-24(21(28)15-6-8-17(25)9-7-15)18-4-2-3-5-19(18)26-23(24)31/h2-10,12,14,21H,11,13H2,1H3,(H,26,31)/t21-,24+/m0/s1. The lowest BCUT2D eigenvalue weighted by atomic mass is 9.72. The smallest absolute Gasteiger partial charge is 0.254 e. The quantitative estimate of drug-likeness (QED) is 0.697. The van der Waals surface area contributed by atoms with Gasteiger partial charge < -0.3 is 14.8 Å². The lowest BCUT2D eigenvalue weighted by molar-refractivity contribution is -0.121. The summed E-state index contributed by atoms with van der Waals surface area (Å²) in [6.07, 6.45) is 1.97. The number of hydrogen-bond donors (Lipinski definition) is 1. The molecule has 0 bridgehead atoms. The van der Waals surface area contributed by atoms with Crippen LogP contribution in [-0.2, 0) is 17.3 Å². The molecule has 31 heavy (non-hydrogen) atoms. The SMILES string of the molecule is Cn1ccc(C(=O)N2CC[C@]3(C(=O)Nc4ccccc43)[C@@H]2c2ccc(F)cc2)cc1=O. The summed E-state index contributed by atoms with van der Waals surface area (Å²) >= 11 is 0. The average molecular weight is 417 g/mol. The monoisotopic (exact) mass is 417 g/mol. The fourth-order valence-corrected chi connectivity index (χ4v) is 4.86. The van der Waals surface area contributed by atoms with Crippen LogP contribution in [0, 0.1) is 5.82 Å². The normalized spacial score (nSPS) is 21.9. The van der Waals surface area contributed by atoms with Gasteiger partial charge in [0.05, 0.1) is 6.04 Å². The minimum absolute atomic E-state index is 0.178. The van der Waals surface area contributed by atoms with E-state index < -0.39 is 17.3 Å². The minimum Gasteiger partial charge on any atom is -0.330 e. The summed E-state index contributed by atoms with van der Waals surface area (Å²) in [5.74, 6) is -0.903. The number of halogens is 1. The lowest BCUT2D eigenvalue weighted by Crippen LogP contribution is -2.42. The molecule has 1 aromatic heterocycles. The first-order chi connectivity index (χ1) is 14.9. The van der Waals surface area contributed by atoms with E-state index >= 15 is 0 Å². The van der Waals surface area contributed by atoms with Crippen molar-refractivity contribution in [2.45, 2.75) is 17.9 Å². The summed E-state index contributed by atoms with van der Waals surface area (Å²) in [6, 6.07) is 15.6. The van der Waals surface area contributed by atoms with E-state index in [1.54, 1.807) is 36.3 Å². The summed E-state index contributed by atoms with van der Waals surface area (Å²) < 4.78 is 15.1. The number of benzene rings is 2. The number of likely N-dealkylation sites (tertiary alicyclic amines) is 1. The Morgan fingerprint density at radius 2 is 1.84 bits per heavy atom. The molecule has 5 rings (SSSR count). The average Bonchev–Trinajstić information content (AvgIpc) is 3.30. The van der Waals surface area contributed by atoms with Gasteiger partial charge in [-0.1, -0.05) is 30.3 Å². The number of aromatic nitrogens is 1. The highest BCUT2D eigenvalue weighted by Crippen LogP contribution is 2.54. The Bertz CT molecular complexity index is 1270. The fraction of sp³-hybridized carbons (Fsp3) is 0.208. The van der Waals surface area contributed by atoms with Crippen LogP contribution in [0.4, 0.5) is 10.1 Å². The van der Waals surface area contributed by atoms with Crippen molar-refractivity contribution in [1.82, 2.24) is 9.47 Å². The van der Waals surface area contributed by atoms with E-state index in [0.29, 0.717) is 18.5 Å². The van der Waals surface area contributed by atoms with Crippen molar-refractivity contribution >= 4 is 17.5 Å². The molecular weight excluding hydrogens is 397 g/mol. The summed E-state index contributed by atoms with van der Waals surface area (Å²) in [6.45, 7) is 0.331. The number of para-hydroxylation sites is 1. The van der Waals surface area contributed by atoms with Gasteiger partial charge in [-0.05, 0) is 41.8 Å². The Morgan fingerprint density at radius 3 is 2.58 bits per heavy atom. The summed E-state index contributed by atoms with van der Waals surface area (Å²) in [7, 11) is 1.61. The third kappa shape index (κ3) is 2.80. The number of carbonyl (C=O) groups excluding carboxylic acids is 2. The van der Waals surface area contributed by atoms with Gasteiger partial charge in [-0.2, -0.15) is 0 Å². The molecule has 2 aliphatic heterocycles. The number of nitrogens with one attached hydrogen (secondary N) is 1. The van der Waals surface area contributed by atoms with E-state index in [-0.39, 0.29) is 22.9 Å². The Labute approximate surface area is 177 Å². The van der Waals surface area contributed by atoms with Crippen molar-refractivity contribution in [3.8, 4) is 0 Å². The second-order valence-corrected chi connectivity index (χ2v) is 8.04. The van der Waals surface area contributed by atoms with Crippen LogP contribution in [0.2, 0.25) is 0 Å². The Balaban J connectivity index is 1.67. The molecular formula is C24H20FN3O3. The molecule has 0 saturated carbocycles. The van der Waals surface area contributed by atoms with Crippen LogP contribution in [0.25, 0.3) is 0 Å². The first-order valence-electron chi connectivity index (χ1n) is 10.1. The van der Waals surface area contributed by atoms with Gasteiger partial charge in [0, 0.05) is 37.1 Å². The van der Waals surface area contributed by atoms with Crippen molar-refractivity contribution < 1.29 is 14.0 Å². The molecule has 156 valence electrons. The molecule has 1 saturated heterocycles. The largest absolute Gasteiger partial charge is 0.330 e. The lowest BCUT2D eigenvalue weighted by Gasteiger charge is -2.34. The maximum atomic E-state index is 13.7. The van der Waals surface area contributed by atoms with Crippen LogP contribution in [0.1, 0.15) is 33.9 Å². The summed E-state index contributed by atoms with van der Waals surface area (Å²) in [5.41, 5.74) is 1.21. The molecule has 3 aromatic rings. The Morgan fingerprint density at radius 1 is 1.10 bits per heavy atom. The van der Waals surface area contributed by atoms with Crippen LogP contribution in [-0.4, -0.2) is 27.8 Å². The predicted molar refractivity (Wildman–Crippen MR) is 113 cm³/mol. The van der Waals surface area contributed by atoms with E-state index in [0.717, 1.165) is 11.3 Å². The maximum Gasteiger partial charge on any atom is 0.254 e. The topological polar surface area (TPSA) is 71.4 Å². The number of amides is 2. The van der Waals surface area contributed by atoms with Gasteiger partial charge in [-0.3, -0.25) is 14.4 Å². The number of nitrogens with zero attached hydrogens (tertiary/aromatic N) is 2. The van der Waals surface area contributed by atoms with Crippen molar-refractivity contribution in [2.24, 2.45) is 7.05 Å². The minimum atomic E-state index is -0.982. The molecule has 3 heterocycles. The van der Waals surface area contributed by atoms with Crippen LogP contribution in [0.5, 0.6) is 0 Å². The molecule has 1 fully saturated rings. The van der Waals surface area contributed by atoms with Crippen molar-refractivity contribution in [3.05, 3.63) is 99.7 Å². The maximum absolute atomic E-state index is 13.7. The fourth-order valence-electron chi connectivity index (χ4n) is 4.86. The number of aryl methyl sites for hydroxylation is 1. The molecule has 6 nitrogen and oxygen atoms in total. The van der Waals surface area contributed by atoms with E-state index in [4.69, 9.17) is 0 Å². The van der Waals surface area contributed by atoms with Crippen LogP contribution >= 0.6 is 0 Å². The summed E-state index contributed by atoms with van der Waals surface area (Å²) in [4.78, 5) is 40.6. The number of rotatable bonds is 2. The van der Waals surface area contributed by atoms with E-state index in [9.17, 15) is 18.8 Å². The zero-order valence-electron chi connectivity index (χ0n) is 16.8. The third-order valence-corrected chi connectivity index (χ3v) is 6.38. The van der Waals surface area contributed by atoms with E-state index in [1.807, 2.05) is 24.3 Å². The van der Waals surface area contributed by atoms with Crippen LogP contribution in [0.3, 0.4) is 0 Å². The number of carbonyl (C=O) groups is 2. The number of fused-ring (bicyclic) bond motifs is 2. The first kappa shape index (κ1) is 19.2. The third-order valence-electron chi connectivity index (χ3n) is 6.38. The Hall–Kier alpha value is -3.74. The van der Waals surface area contributed by atoms with Crippen LogP contribution < -0.4 is 10.9 Å². The van der Waals surface area contributed by atoms with Gasteiger partial charge in [-0.15, -0.1) is 0 Å². The zero-order chi connectivity index (χ0) is 21.8. The molecule has 0 unspecified atom stereocenters. The van der Waals surface area contributed by atoms with Crippen molar-refractivity contribution in [1.29, 1.82) is 0 Å². The predicted octanol–water partition coefficient (Wildman–Crippen LogP) is 3.00. The molecule has 1 spiro atoms. The number of hydrogen-bond acceptors (Lipinski definition) is 3. The number of anilines is 1. The highest BCUT2D eigenvalue weighted by Gasteiger charge is 2.59. The zero-order valence-corrected chi connectivity index (χ0v) is 16.8. The van der Waals surface area contributed by atoms with Gasteiger partial charge in [0.25, 0.3) is 11.5 Å². The Kier molecular flexibility index (Phi) is 4.28. The highest BCUT2D eigenvalue weighted by molar-refractivity contribution is 6.08. The number of pyridine rings is 1. The van der Waals surface area contributed by atoms with Crippen molar-refractivity contribution in [2.75, 3.05) is 11.9 Å². The second-order valence-electron chi connectivity index (χ2n) is 8.04. The van der Waals surface area contributed by atoms with Gasteiger partial charge >= 0.3 is 0 Å². The van der Waals surface area contributed by atoms with Gasteiger partial charge in [0.2, 0.25) is 5.91 Å². The molecule has 0 radical (unpaired) electrons. The van der Waals surface area contributed by atoms with Gasteiger partial charge in [0.1, 0.15) is 11.2 Å². The highest BCUT2D eigenvalue weighted by atomic mass is 19.1. The molecule has 2 aromatic carbocycles. The molecule has 2 aliphatic rings. The molecule has 2 atom stereocenters. The van der Waals surface area contributed by atoms with Gasteiger partial charge in [0.15, 0.2) is 0 Å². The van der Waals surface area contributed by atoms with Gasteiger partial charge in [-0.25, -0.2) is 4.39 Å². The molecule has 2 amide bonds. The molecule has 7 heteroatoms. The van der Waals surface area contributed by atoms with Crippen LogP contribution in [0.15, 0.2) is 71.7 Å². The molecule has 1 N–H and O–H groups in total. The van der Waals surface area contributed by atoms with Crippen molar-refractivity contribution in [3.63, 3.8) is 0 Å². The van der Waals surface area contributed by atoms with E-state index in [2.05, 4.69) is 5.32 Å². The first-order valence-corrected chi connectivity index (χ1v) is 10.1. The summed E-state index contributed by atoms with van der Waals surface area (Å²) in [5, 5.41) is 2.95. The second kappa shape index (κ2) is 6.91.